The van der Waals surface area contributed by atoms with Crippen molar-refractivity contribution in [1.29, 1.82) is 0 Å². The summed E-state index contributed by atoms with van der Waals surface area (Å²) in [4.78, 5) is 48.5. The van der Waals surface area contributed by atoms with Gasteiger partial charge in [0.1, 0.15) is 23.9 Å². The Labute approximate surface area is 232 Å². The van der Waals surface area contributed by atoms with Gasteiger partial charge in [0.05, 0.1) is 13.7 Å². The van der Waals surface area contributed by atoms with E-state index in [0.29, 0.717) is 5.75 Å². The summed E-state index contributed by atoms with van der Waals surface area (Å²) in [6, 6.07) is 4.88. The Morgan fingerprint density at radius 3 is 1.79 bits per heavy atom. The molecule has 0 saturated heterocycles. The standard InChI is InChI=1S/C26H40N2O8S2/c1-25(2,3)12-20(29)27-18(23(31)32)14-37-38-15-19(24(33)34)28-22(30)21(26(4,5)6)36-13-16-8-10-17(35-7)11-9-16/h8-11,18-19,21H,12-15H2,1-7H3,(H,27,29)(H,28,30)(H,31,32)(H,33,34)/t18-,19-,21+/m0/s1. The van der Waals surface area contributed by atoms with Crippen LogP contribution >= 0.6 is 21.6 Å². The van der Waals surface area contributed by atoms with E-state index in [4.69, 9.17) is 9.47 Å². The number of carboxylic acid groups (broad SMARTS) is 2. The maximum atomic E-state index is 13.0. The zero-order valence-corrected chi connectivity index (χ0v) is 24.7. The molecule has 4 N–H and O–H groups in total. The van der Waals surface area contributed by atoms with Crippen molar-refractivity contribution in [3.63, 3.8) is 0 Å². The molecular weight excluding hydrogens is 532 g/mol. The van der Waals surface area contributed by atoms with Gasteiger partial charge in [-0.05, 0) is 28.5 Å². The molecule has 12 heteroatoms. The van der Waals surface area contributed by atoms with Gasteiger partial charge in [-0.2, -0.15) is 0 Å². The third kappa shape index (κ3) is 12.9. The molecule has 214 valence electrons. The van der Waals surface area contributed by atoms with Crippen LogP contribution in [0.3, 0.4) is 0 Å². The number of benzene rings is 1. The minimum atomic E-state index is -1.22. The zero-order chi connectivity index (χ0) is 29.1. The van der Waals surface area contributed by atoms with E-state index in [1.807, 2.05) is 53.7 Å². The molecule has 0 bridgehead atoms. The molecule has 1 aromatic rings. The first-order chi connectivity index (χ1) is 17.5. The van der Waals surface area contributed by atoms with E-state index in [0.717, 1.165) is 27.2 Å². The number of aliphatic carboxylic acids is 2. The first kappa shape index (κ1) is 33.6. The van der Waals surface area contributed by atoms with Crippen LogP contribution < -0.4 is 15.4 Å². The van der Waals surface area contributed by atoms with Crippen molar-refractivity contribution in [2.45, 2.75) is 72.8 Å². The van der Waals surface area contributed by atoms with Crippen molar-refractivity contribution in [3.05, 3.63) is 29.8 Å². The molecule has 0 saturated carbocycles. The van der Waals surface area contributed by atoms with E-state index in [-0.39, 0.29) is 35.9 Å². The first-order valence-corrected chi connectivity index (χ1v) is 14.6. The summed E-state index contributed by atoms with van der Waals surface area (Å²) in [6.07, 6.45) is -0.740. The third-order valence-electron chi connectivity index (χ3n) is 5.09. The molecule has 1 aromatic carbocycles. The Balaban J connectivity index is 2.69. The highest BCUT2D eigenvalue weighted by atomic mass is 33.1. The van der Waals surface area contributed by atoms with Gasteiger partial charge in [-0.1, -0.05) is 75.3 Å². The maximum Gasteiger partial charge on any atom is 0.327 e. The topological polar surface area (TPSA) is 151 Å². The maximum absolute atomic E-state index is 13.0. The number of nitrogens with one attached hydrogen (secondary N) is 2. The van der Waals surface area contributed by atoms with E-state index >= 15 is 0 Å². The number of hydrogen-bond acceptors (Lipinski definition) is 8. The second-order valence-electron chi connectivity index (χ2n) is 11.1. The highest BCUT2D eigenvalue weighted by molar-refractivity contribution is 8.76. The molecule has 0 aliphatic rings. The Morgan fingerprint density at radius 2 is 1.37 bits per heavy atom. The Hall–Kier alpha value is -2.44. The third-order valence-corrected chi connectivity index (χ3v) is 7.51. The SMILES string of the molecule is COc1ccc(CO[C@H](C(=O)N[C@@H](CSSC[C@H](NC(=O)CC(C)(C)C)C(=O)O)C(=O)O)C(C)(C)C)cc1. The molecule has 3 atom stereocenters. The molecule has 0 aromatic heterocycles. The van der Waals surface area contributed by atoms with E-state index in [1.54, 1.807) is 19.2 Å². The van der Waals surface area contributed by atoms with E-state index in [1.165, 1.54) is 0 Å². The summed E-state index contributed by atoms with van der Waals surface area (Å²) in [5, 5.41) is 24.1. The quantitative estimate of drug-likeness (QED) is 0.181. The second-order valence-corrected chi connectivity index (χ2v) is 13.6. The number of ether oxygens (including phenoxy) is 2. The number of methoxy groups -OCH3 is 1. The van der Waals surface area contributed by atoms with Gasteiger partial charge in [0.2, 0.25) is 11.8 Å². The van der Waals surface area contributed by atoms with E-state index in [2.05, 4.69) is 10.6 Å². The van der Waals surface area contributed by atoms with Gasteiger partial charge in [-0.3, -0.25) is 9.59 Å². The van der Waals surface area contributed by atoms with Crippen molar-refractivity contribution in [2.75, 3.05) is 18.6 Å². The van der Waals surface area contributed by atoms with Crippen LogP contribution in [0.4, 0.5) is 0 Å². The molecule has 1 rings (SSSR count). The fourth-order valence-corrected chi connectivity index (χ4v) is 5.49. The molecule has 0 radical (unpaired) electrons. The number of carbonyl (C=O) groups excluding carboxylic acids is 2. The van der Waals surface area contributed by atoms with Crippen LogP contribution in [0.15, 0.2) is 24.3 Å². The monoisotopic (exact) mass is 572 g/mol. The molecular formula is C26H40N2O8S2. The predicted molar refractivity (Wildman–Crippen MR) is 149 cm³/mol. The van der Waals surface area contributed by atoms with Gasteiger partial charge >= 0.3 is 11.9 Å². The molecule has 0 heterocycles. The first-order valence-electron chi connectivity index (χ1n) is 12.1. The highest BCUT2D eigenvalue weighted by Crippen LogP contribution is 2.26. The minimum Gasteiger partial charge on any atom is -0.497 e. The fraction of sp³-hybridized carbons (Fsp3) is 0.615. The average molecular weight is 573 g/mol. The lowest BCUT2D eigenvalue weighted by Crippen LogP contribution is -2.51. The van der Waals surface area contributed by atoms with E-state index in [9.17, 15) is 29.4 Å². The van der Waals surface area contributed by atoms with Crippen LogP contribution in [0, 0.1) is 10.8 Å². The second kappa shape index (κ2) is 15.2. The Bertz CT molecular complexity index is 942. The van der Waals surface area contributed by atoms with Crippen LogP contribution in [-0.2, 0) is 30.5 Å². The molecule has 0 unspecified atom stereocenters. The van der Waals surface area contributed by atoms with Gasteiger partial charge in [0.15, 0.2) is 0 Å². The molecule has 0 spiro atoms. The van der Waals surface area contributed by atoms with Crippen LogP contribution in [0.25, 0.3) is 0 Å². The highest BCUT2D eigenvalue weighted by Gasteiger charge is 2.35. The Morgan fingerprint density at radius 1 is 0.868 bits per heavy atom. The number of rotatable bonds is 15. The normalized spacial score (nSPS) is 14.2. The summed E-state index contributed by atoms with van der Waals surface area (Å²) in [7, 11) is 3.78. The number of carboxylic acids is 2. The van der Waals surface area contributed by atoms with Gasteiger partial charge in [-0.25, -0.2) is 9.59 Å². The molecule has 2 amide bonds. The molecule has 10 nitrogen and oxygen atoms in total. The number of amides is 2. The summed E-state index contributed by atoms with van der Waals surface area (Å²) in [6.45, 7) is 11.3. The largest absolute Gasteiger partial charge is 0.497 e. The van der Waals surface area contributed by atoms with Crippen LogP contribution in [-0.4, -0.2) is 70.8 Å². The summed E-state index contributed by atoms with van der Waals surface area (Å²) in [5.41, 5.74) is -0.0654. The fourth-order valence-electron chi connectivity index (χ4n) is 3.18. The summed E-state index contributed by atoms with van der Waals surface area (Å²) >= 11 is 0. The predicted octanol–water partition coefficient (Wildman–Crippen LogP) is 3.58. The smallest absolute Gasteiger partial charge is 0.327 e. The van der Waals surface area contributed by atoms with Gasteiger partial charge < -0.3 is 30.3 Å². The minimum absolute atomic E-state index is 0.0106. The number of carbonyl (C=O) groups is 4. The molecule has 38 heavy (non-hydrogen) atoms. The number of hydrogen-bond donors (Lipinski definition) is 4. The molecule has 0 fully saturated rings. The van der Waals surface area contributed by atoms with Crippen molar-refractivity contribution in [1.82, 2.24) is 10.6 Å². The zero-order valence-electron chi connectivity index (χ0n) is 23.0. The van der Waals surface area contributed by atoms with Gasteiger partial charge in [0, 0.05) is 17.9 Å². The van der Waals surface area contributed by atoms with Crippen molar-refractivity contribution in [3.8, 4) is 5.75 Å². The summed E-state index contributed by atoms with van der Waals surface area (Å²) < 4.78 is 11.0. The lowest BCUT2D eigenvalue weighted by molar-refractivity contribution is -0.147. The Kier molecular flexibility index (Phi) is 13.5. The lowest BCUT2D eigenvalue weighted by Gasteiger charge is -2.30. The van der Waals surface area contributed by atoms with Crippen molar-refractivity contribution < 1.29 is 38.9 Å². The van der Waals surface area contributed by atoms with Crippen molar-refractivity contribution in [2.24, 2.45) is 10.8 Å². The van der Waals surface area contributed by atoms with Crippen molar-refractivity contribution >= 4 is 45.3 Å². The molecule has 0 aliphatic heterocycles. The van der Waals surface area contributed by atoms with Crippen LogP contribution in [0.2, 0.25) is 0 Å². The molecule has 0 aliphatic carbocycles. The van der Waals surface area contributed by atoms with Crippen LogP contribution in [0.1, 0.15) is 53.5 Å². The van der Waals surface area contributed by atoms with Gasteiger partial charge in [-0.15, -0.1) is 0 Å². The lowest BCUT2D eigenvalue weighted by atomic mass is 9.88. The van der Waals surface area contributed by atoms with Crippen LogP contribution in [0.5, 0.6) is 5.75 Å². The van der Waals surface area contributed by atoms with E-state index < -0.39 is 41.4 Å². The summed E-state index contributed by atoms with van der Waals surface area (Å²) in [5.74, 6) is -2.60. The van der Waals surface area contributed by atoms with Gasteiger partial charge in [0.25, 0.3) is 0 Å². The average Bonchev–Trinajstić information content (AvgIpc) is 2.78.